The lowest BCUT2D eigenvalue weighted by molar-refractivity contribution is 0.0890. The van der Waals surface area contributed by atoms with Crippen molar-refractivity contribution in [3.8, 4) is 0 Å². The number of hydrogen-bond donors (Lipinski definition) is 0. The number of ketones is 1. The van der Waals surface area contributed by atoms with Crippen LogP contribution in [0.25, 0.3) is 11.0 Å². The fourth-order valence-electron chi connectivity index (χ4n) is 3.69. The summed E-state index contributed by atoms with van der Waals surface area (Å²) in [5, 5.41) is 0. The van der Waals surface area contributed by atoms with Gasteiger partial charge < -0.3 is 4.57 Å². The van der Waals surface area contributed by atoms with Crippen molar-refractivity contribution in [1.82, 2.24) is 14.5 Å². The molecule has 2 heterocycles. The van der Waals surface area contributed by atoms with Crippen LogP contribution in [-0.2, 0) is 6.54 Å². The van der Waals surface area contributed by atoms with Gasteiger partial charge in [-0.15, -0.1) is 0 Å². The highest BCUT2D eigenvalue weighted by molar-refractivity contribution is 5.97. The SMILES string of the molecule is O=C(CN1CCC(Cn2cnc3ccccc32)CC1)c1ccc(F)cc1. The molecule has 1 aliphatic rings. The molecule has 1 fully saturated rings. The van der Waals surface area contributed by atoms with E-state index in [4.69, 9.17) is 0 Å². The van der Waals surface area contributed by atoms with Crippen molar-refractivity contribution in [1.29, 1.82) is 0 Å². The Morgan fingerprint density at radius 3 is 2.58 bits per heavy atom. The lowest BCUT2D eigenvalue weighted by Gasteiger charge is -2.31. The molecular formula is C21H22FN3O. The second kappa shape index (κ2) is 7.38. The number of carbonyl (C=O) groups excluding carboxylic acids is 1. The van der Waals surface area contributed by atoms with Crippen molar-refractivity contribution in [3.63, 3.8) is 0 Å². The Balaban J connectivity index is 1.31. The number of imidazole rings is 1. The minimum absolute atomic E-state index is 0.0593. The Morgan fingerprint density at radius 2 is 1.81 bits per heavy atom. The summed E-state index contributed by atoms with van der Waals surface area (Å²) in [7, 11) is 0. The number of carbonyl (C=O) groups is 1. The average Bonchev–Trinajstić information content (AvgIpc) is 3.07. The first-order valence-electron chi connectivity index (χ1n) is 9.10. The molecule has 1 saturated heterocycles. The number of aromatic nitrogens is 2. The van der Waals surface area contributed by atoms with E-state index in [1.54, 1.807) is 12.1 Å². The number of benzene rings is 2. The largest absolute Gasteiger partial charge is 0.330 e. The molecule has 4 rings (SSSR count). The molecule has 0 saturated carbocycles. The minimum atomic E-state index is -0.311. The molecule has 134 valence electrons. The molecule has 4 nitrogen and oxygen atoms in total. The fourth-order valence-corrected chi connectivity index (χ4v) is 3.69. The van der Waals surface area contributed by atoms with Gasteiger partial charge in [-0.05, 0) is 68.2 Å². The number of rotatable bonds is 5. The van der Waals surface area contributed by atoms with Crippen molar-refractivity contribution >= 4 is 16.8 Å². The van der Waals surface area contributed by atoms with E-state index in [2.05, 4.69) is 20.5 Å². The van der Waals surface area contributed by atoms with Gasteiger partial charge in [0.25, 0.3) is 0 Å². The van der Waals surface area contributed by atoms with Crippen molar-refractivity contribution in [2.75, 3.05) is 19.6 Å². The van der Waals surface area contributed by atoms with E-state index >= 15 is 0 Å². The lowest BCUT2D eigenvalue weighted by atomic mass is 9.96. The fraction of sp³-hybridized carbons (Fsp3) is 0.333. The number of para-hydroxylation sites is 2. The van der Waals surface area contributed by atoms with Gasteiger partial charge in [-0.1, -0.05) is 12.1 Å². The van der Waals surface area contributed by atoms with Crippen molar-refractivity contribution in [2.24, 2.45) is 5.92 Å². The molecule has 1 aromatic heterocycles. The van der Waals surface area contributed by atoms with Gasteiger partial charge in [0, 0.05) is 12.1 Å². The second-order valence-electron chi connectivity index (χ2n) is 7.04. The van der Waals surface area contributed by atoms with Gasteiger partial charge >= 0.3 is 0 Å². The van der Waals surface area contributed by atoms with Gasteiger partial charge in [-0.2, -0.15) is 0 Å². The van der Waals surface area contributed by atoms with Crippen LogP contribution in [0, 0.1) is 11.7 Å². The Morgan fingerprint density at radius 1 is 1.08 bits per heavy atom. The Kier molecular flexibility index (Phi) is 4.80. The summed E-state index contributed by atoms with van der Waals surface area (Å²) in [6, 6.07) is 14.0. The molecule has 3 aromatic rings. The molecule has 5 heteroatoms. The normalized spacial score (nSPS) is 16.2. The number of hydrogen-bond acceptors (Lipinski definition) is 3. The summed E-state index contributed by atoms with van der Waals surface area (Å²) in [5.41, 5.74) is 2.80. The van der Waals surface area contributed by atoms with Crippen molar-refractivity contribution in [2.45, 2.75) is 19.4 Å². The van der Waals surface area contributed by atoms with Gasteiger partial charge in [0.1, 0.15) is 5.82 Å². The first-order valence-corrected chi connectivity index (χ1v) is 9.10. The van der Waals surface area contributed by atoms with E-state index in [-0.39, 0.29) is 11.6 Å². The summed E-state index contributed by atoms with van der Waals surface area (Å²) in [4.78, 5) is 19.0. The maximum Gasteiger partial charge on any atom is 0.176 e. The maximum atomic E-state index is 13.0. The van der Waals surface area contributed by atoms with Crippen LogP contribution in [0.2, 0.25) is 0 Å². The summed E-state index contributed by atoms with van der Waals surface area (Å²) in [6.07, 6.45) is 4.07. The van der Waals surface area contributed by atoms with Crippen LogP contribution in [0.1, 0.15) is 23.2 Å². The molecule has 0 radical (unpaired) electrons. The highest BCUT2D eigenvalue weighted by Gasteiger charge is 2.22. The van der Waals surface area contributed by atoms with Crippen LogP contribution in [0.4, 0.5) is 4.39 Å². The smallest absolute Gasteiger partial charge is 0.176 e. The van der Waals surface area contributed by atoms with E-state index in [0.29, 0.717) is 18.0 Å². The number of nitrogens with zero attached hydrogens (tertiary/aromatic N) is 3. The third kappa shape index (κ3) is 3.68. The molecule has 0 atom stereocenters. The average molecular weight is 351 g/mol. The molecule has 0 unspecified atom stereocenters. The van der Waals surface area contributed by atoms with E-state index in [1.807, 2.05) is 24.5 Å². The summed E-state index contributed by atoms with van der Waals surface area (Å²) >= 11 is 0. The molecule has 0 amide bonds. The van der Waals surface area contributed by atoms with Crippen LogP contribution in [0.15, 0.2) is 54.9 Å². The molecule has 0 N–H and O–H groups in total. The highest BCUT2D eigenvalue weighted by Crippen LogP contribution is 2.22. The zero-order valence-corrected chi connectivity index (χ0v) is 14.6. The van der Waals surface area contributed by atoms with E-state index in [9.17, 15) is 9.18 Å². The first-order chi connectivity index (χ1) is 12.7. The summed E-state index contributed by atoms with van der Waals surface area (Å²) < 4.78 is 15.2. The third-order valence-corrected chi connectivity index (χ3v) is 5.22. The zero-order valence-electron chi connectivity index (χ0n) is 14.6. The highest BCUT2D eigenvalue weighted by atomic mass is 19.1. The topological polar surface area (TPSA) is 38.1 Å². The van der Waals surface area contributed by atoms with E-state index < -0.39 is 0 Å². The lowest BCUT2D eigenvalue weighted by Crippen LogP contribution is -2.38. The van der Waals surface area contributed by atoms with Gasteiger partial charge in [0.15, 0.2) is 5.78 Å². The summed E-state index contributed by atoms with van der Waals surface area (Å²) in [5.74, 6) is 0.350. The number of fused-ring (bicyclic) bond motifs is 1. The monoisotopic (exact) mass is 351 g/mol. The standard InChI is InChI=1S/C21H22FN3O/c22-18-7-5-17(6-8-18)21(26)14-24-11-9-16(10-12-24)13-25-15-23-19-3-1-2-4-20(19)25/h1-8,15-16H,9-14H2. The van der Waals surface area contributed by atoms with Crippen LogP contribution in [-0.4, -0.2) is 39.9 Å². The molecule has 2 aromatic carbocycles. The quantitative estimate of drug-likeness (QED) is 0.657. The van der Waals surface area contributed by atoms with Gasteiger partial charge in [0.2, 0.25) is 0 Å². The number of piperidine rings is 1. The number of Topliss-reactive ketones (excluding diaryl/α,β-unsaturated/α-hetero) is 1. The molecule has 0 aliphatic carbocycles. The van der Waals surface area contributed by atoms with Crippen LogP contribution in [0.5, 0.6) is 0 Å². The Labute approximate surface area is 152 Å². The third-order valence-electron chi connectivity index (χ3n) is 5.22. The number of likely N-dealkylation sites (tertiary alicyclic amines) is 1. The van der Waals surface area contributed by atoms with Gasteiger partial charge in [0.05, 0.1) is 23.9 Å². The second-order valence-corrected chi connectivity index (χ2v) is 7.04. The van der Waals surface area contributed by atoms with Crippen molar-refractivity contribution < 1.29 is 9.18 Å². The number of halogens is 1. The molecule has 0 spiro atoms. The first kappa shape index (κ1) is 16.9. The molecule has 1 aliphatic heterocycles. The predicted octanol–water partition coefficient (Wildman–Crippen LogP) is 3.77. The zero-order chi connectivity index (χ0) is 17.9. The summed E-state index contributed by atoms with van der Waals surface area (Å²) in [6.45, 7) is 3.22. The van der Waals surface area contributed by atoms with E-state index in [0.717, 1.165) is 38.0 Å². The van der Waals surface area contributed by atoms with Gasteiger partial charge in [-0.3, -0.25) is 9.69 Å². The predicted molar refractivity (Wildman–Crippen MR) is 99.6 cm³/mol. The minimum Gasteiger partial charge on any atom is -0.330 e. The Hall–Kier alpha value is -2.53. The van der Waals surface area contributed by atoms with Crippen LogP contribution in [0.3, 0.4) is 0 Å². The van der Waals surface area contributed by atoms with Crippen molar-refractivity contribution in [3.05, 3.63) is 66.2 Å². The van der Waals surface area contributed by atoms with Gasteiger partial charge in [-0.25, -0.2) is 9.37 Å². The Bertz CT molecular complexity index is 895. The van der Waals surface area contributed by atoms with E-state index in [1.165, 1.54) is 17.6 Å². The van der Waals surface area contributed by atoms with Crippen LogP contribution >= 0.6 is 0 Å². The molecular weight excluding hydrogens is 329 g/mol. The molecule has 0 bridgehead atoms. The molecule has 26 heavy (non-hydrogen) atoms. The maximum absolute atomic E-state index is 13.0. The van der Waals surface area contributed by atoms with Crippen LogP contribution < -0.4 is 0 Å².